The van der Waals surface area contributed by atoms with Gasteiger partial charge in [0.25, 0.3) is 0 Å². The molecule has 5 nitrogen and oxygen atoms in total. The molecular formula is C17H25FN2O3S. The van der Waals surface area contributed by atoms with Crippen molar-refractivity contribution in [3.05, 3.63) is 35.6 Å². The molecule has 1 fully saturated rings. The first kappa shape index (κ1) is 18.9. The van der Waals surface area contributed by atoms with Crippen LogP contribution in [0.25, 0.3) is 0 Å². The predicted octanol–water partition coefficient (Wildman–Crippen LogP) is 1.94. The van der Waals surface area contributed by atoms with Crippen molar-refractivity contribution in [2.75, 3.05) is 25.4 Å². The van der Waals surface area contributed by atoms with Crippen molar-refractivity contribution in [1.82, 2.24) is 9.62 Å². The number of hydrogen-bond donors (Lipinski definition) is 1. The first-order chi connectivity index (χ1) is 11.4. The highest BCUT2D eigenvalue weighted by Gasteiger charge is 2.31. The molecule has 1 aromatic rings. The number of piperidine rings is 1. The van der Waals surface area contributed by atoms with Crippen molar-refractivity contribution in [3.63, 3.8) is 0 Å². The molecular weight excluding hydrogens is 331 g/mol. The molecule has 134 valence electrons. The first-order valence-corrected chi connectivity index (χ1v) is 10.0. The van der Waals surface area contributed by atoms with Crippen molar-refractivity contribution in [3.8, 4) is 0 Å². The van der Waals surface area contributed by atoms with E-state index in [1.54, 1.807) is 12.1 Å². The van der Waals surface area contributed by atoms with Gasteiger partial charge >= 0.3 is 0 Å². The Hall–Kier alpha value is -1.47. The average molecular weight is 356 g/mol. The van der Waals surface area contributed by atoms with Crippen LogP contribution in [0.2, 0.25) is 0 Å². The predicted molar refractivity (Wildman–Crippen MR) is 91.5 cm³/mol. The summed E-state index contributed by atoms with van der Waals surface area (Å²) in [5.41, 5.74) is 0.951. The van der Waals surface area contributed by atoms with Crippen molar-refractivity contribution < 1.29 is 17.6 Å². The molecule has 1 aliphatic heterocycles. The minimum Gasteiger partial charge on any atom is -0.355 e. The van der Waals surface area contributed by atoms with Gasteiger partial charge in [0.15, 0.2) is 0 Å². The summed E-state index contributed by atoms with van der Waals surface area (Å²) in [5, 5.41) is 2.87. The number of carbonyl (C=O) groups excluding carboxylic acids is 1. The highest BCUT2D eigenvalue weighted by Crippen LogP contribution is 2.20. The Labute approximate surface area is 143 Å². The van der Waals surface area contributed by atoms with Crippen molar-refractivity contribution >= 4 is 15.9 Å². The number of benzene rings is 1. The van der Waals surface area contributed by atoms with Gasteiger partial charge in [-0.3, -0.25) is 4.79 Å². The normalized spacial score (nSPS) is 19.2. The summed E-state index contributed by atoms with van der Waals surface area (Å²) in [6.07, 6.45) is 2.61. The largest absolute Gasteiger partial charge is 0.355 e. The fourth-order valence-corrected chi connectivity index (χ4v) is 4.51. The van der Waals surface area contributed by atoms with Gasteiger partial charge in [0.05, 0.1) is 11.7 Å². The Bertz CT molecular complexity index is 646. The summed E-state index contributed by atoms with van der Waals surface area (Å²) >= 11 is 0. The molecule has 1 heterocycles. The van der Waals surface area contributed by atoms with Crippen molar-refractivity contribution in [2.24, 2.45) is 5.92 Å². The van der Waals surface area contributed by atoms with Gasteiger partial charge in [0, 0.05) is 19.6 Å². The minimum atomic E-state index is -3.25. The molecule has 24 heavy (non-hydrogen) atoms. The number of sulfonamides is 1. The van der Waals surface area contributed by atoms with Crippen molar-refractivity contribution in [2.45, 2.75) is 32.6 Å². The summed E-state index contributed by atoms with van der Waals surface area (Å²) < 4.78 is 38.6. The lowest BCUT2D eigenvalue weighted by atomic mass is 9.99. The summed E-state index contributed by atoms with van der Waals surface area (Å²) in [4.78, 5) is 12.3. The monoisotopic (exact) mass is 356 g/mol. The number of nitrogens with zero attached hydrogens (tertiary/aromatic N) is 1. The fraction of sp³-hybridized carbons (Fsp3) is 0.588. The Morgan fingerprint density at radius 1 is 1.33 bits per heavy atom. The summed E-state index contributed by atoms with van der Waals surface area (Å²) in [6.45, 7) is 3.07. The maximum absolute atomic E-state index is 12.8. The maximum Gasteiger partial charge on any atom is 0.224 e. The molecule has 0 aliphatic carbocycles. The lowest BCUT2D eigenvalue weighted by Gasteiger charge is -2.31. The van der Waals surface area contributed by atoms with Crippen LogP contribution in [0, 0.1) is 11.7 Å². The molecule has 0 radical (unpaired) electrons. The van der Waals surface area contributed by atoms with Crippen LogP contribution in [0.5, 0.6) is 0 Å². The van der Waals surface area contributed by atoms with Gasteiger partial charge < -0.3 is 5.32 Å². The summed E-state index contributed by atoms with van der Waals surface area (Å²) in [6, 6.07) is 6.19. The van der Waals surface area contributed by atoms with Crippen molar-refractivity contribution in [1.29, 1.82) is 0 Å². The van der Waals surface area contributed by atoms with Crippen LogP contribution in [-0.2, 0) is 21.2 Å². The Kier molecular flexibility index (Phi) is 6.74. The van der Waals surface area contributed by atoms with E-state index in [2.05, 4.69) is 5.32 Å². The Morgan fingerprint density at radius 2 is 2.04 bits per heavy atom. The maximum atomic E-state index is 12.8. The SMILES string of the molecule is CCCS(=O)(=O)N1CCCC(C(=O)NCCc2ccc(F)cc2)C1. The second kappa shape index (κ2) is 8.58. The van der Waals surface area contributed by atoms with Gasteiger partial charge in [0.1, 0.15) is 5.82 Å². The molecule has 0 spiro atoms. The van der Waals surface area contributed by atoms with Gasteiger partial charge in [-0.2, -0.15) is 0 Å². The van der Waals surface area contributed by atoms with Crippen LogP contribution in [0.15, 0.2) is 24.3 Å². The van der Waals surface area contributed by atoms with E-state index < -0.39 is 10.0 Å². The van der Waals surface area contributed by atoms with E-state index >= 15 is 0 Å². The smallest absolute Gasteiger partial charge is 0.224 e. The van der Waals surface area contributed by atoms with Crippen LogP contribution in [0.3, 0.4) is 0 Å². The second-order valence-electron chi connectivity index (χ2n) is 6.18. The van der Waals surface area contributed by atoms with Gasteiger partial charge in [-0.1, -0.05) is 19.1 Å². The van der Waals surface area contributed by atoms with Gasteiger partial charge in [-0.05, 0) is 43.4 Å². The molecule has 1 atom stereocenters. The van der Waals surface area contributed by atoms with E-state index in [4.69, 9.17) is 0 Å². The quantitative estimate of drug-likeness (QED) is 0.812. The third-order valence-corrected chi connectivity index (χ3v) is 6.28. The molecule has 1 amide bonds. The van der Waals surface area contributed by atoms with Crippen LogP contribution in [-0.4, -0.2) is 44.0 Å². The molecule has 7 heteroatoms. The van der Waals surface area contributed by atoms with Crippen LogP contribution in [0.1, 0.15) is 31.7 Å². The van der Waals surface area contributed by atoms with Crippen LogP contribution in [0.4, 0.5) is 4.39 Å². The summed E-state index contributed by atoms with van der Waals surface area (Å²) in [5.74, 6) is -0.545. The lowest BCUT2D eigenvalue weighted by Crippen LogP contribution is -2.46. The molecule has 0 bridgehead atoms. The number of rotatable bonds is 7. The zero-order valence-electron chi connectivity index (χ0n) is 14.0. The van der Waals surface area contributed by atoms with E-state index in [-0.39, 0.29) is 29.9 Å². The van der Waals surface area contributed by atoms with E-state index in [1.807, 2.05) is 6.92 Å². The van der Waals surface area contributed by atoms with E-state index in [0.29, 0.717) is 38.8 Å². The minimum absolute atomic E-state index is 0.103. The number of amides is 1. The van der Waals surface area contributed by atoms with E-state index in [0.717, 1.165) is 5.56 Å². The molecule has 0 saturated carbocycles. The van der Waals surface area contributed by atoms with Crippen LogP contribution < -0.4 is 5.32 Å². The number of hydrogen-bond acceptors (Lipinski definition) is 3. The second-order valence-corrected chi connectivity index (χ2v) is 8.27. The third-order valence-electron chi connectivity index (χ3n) is 4.24. The molecule has 1 aromatic carbocycles. The van der Waals surface area contributed by atoms with Gasteiger partial charge in [-0.15, -0.1) is 0 Å². The zero-order valence-corrected chi connectivity index (χ0v) is 14.8. The molecule has 1 N–H and O–H groups in total. The highest BCUT2D eigenvalue weighted by molar-refractivity contribution is 7.89. The number of nitrogens with one attached hydrogen (secondary N) is 1. The molecule has 1 saturated heterocycles. The summed E-state index contributed by atoms with van der Waals surface area (Å²) in [7, 11) is -3.25. The van der Waals surface area contributed by atoms with E-state index in [1.165, 1.54) is 16.4 Å². The Balaban J connectivity index is 1.82. The van der Waals surface area contributed by atoms with Crippen LogP contribution >= 0.6 is 0 Å². The van der Waals surface area contributed by atoms with Gasteiger partial charge in [-0.25, -0.2) is 17.1 Å². The zero-order chi connectivity index (χ0) is 17.6. The third kappa shape index (κ3) is 5.27. The molecule has 2 rings (SSSR count). The molecule has 1 unspecified atom stereocenters. The molecule has 0 aromatic heterocycles. The Morgan fingerprint density at radius 3 is 2.71 bits per heavy atom. The van der Waals surface area contributed by atoms with Gasteiger partial charge in [0.2, 0.25) is 15.9 Å². The molecule has 1 aliphatic rings. The first-order valence-electron chi connectivity index (χ1n) is 8.42. The standard InChI is InChI=1S/C17H25FN2O3S/c1-2-12-24(22,23)20-11-3-4-15(13-20)17(21)19-10-9-14-5-7-16(18)8-6-14/h5-8,15H,2-4,9-13H2,1H3,(H,19,21). The number of carbonyl (C=O) groups is 1. The average Bonchev–Trinajstić information content (AvgIpc) is 2.56. The lowest BCUT2D eigenvalue weighted by molar-refractivity contribution is -0.126. The van der Waals surface area contributed by atoms with E-state index in [9.17, 15) is 17.6 Å². The topological polar surface area (TPSA) is 66.5 Å². The fourth-order valence-electron chi connectivity index (χ4n) is 2.92. The highest BCUT2D eigenvalue weighted by atomic mass is 32.2. The number of halogens is 1.